The lowest BCUT2D eigenvalue weighted by Gasteiger charge is -2.26. The Kier molecular flexibility index (Phi) is 5.22. The number of piperidine rings is 1. The molecular formula is C18H26N4O3. The molecule has 0 unspecified atom stereocenters. The number of carbonyl (C=O) groups is 2. The van der Waals surface area contributed by atoms with E-state index in [1.807, 2.05) is 25.2 Å². The van der Waals surface area contributed by atoms with Gasteiger partial charge in [0.15, 0.2) is 5.69 Å². The summed E-state index contributed by atoms with van der Waals surface area (Å²) in [5.74, 6) is -0.448. The number of carbonyl (C=O) groups excluding carboxylic acids is 2. The predicted octanol–water partition coefficient (Wildman–Crippen LogP) is 1.56. The highest BCUT2D eigenvalue weighted by Crippen LogP contribution is 2.32. The largest absolute Gasteiger partial charge is 0.461 e. The molecule has 1 N–H and O–H groups in total. The fourth-order valence-corrected chi connectivity index (χ4v) is 3.59. The fraction of sp³-hybridized carbons (Fsp3) is 0.611. The lowest BCUT2D eigenvalue weighted by molar-refractivity contribution is 0.0516. The van der Waals surface area contributed by atoms with Crippen molar-refractivity contribution in [2.24, 2.45) is 0 Å². The molecule has 25 heavy (non-hydrogen) atoms. The average Bonchev–Trinajstić information content (AvgIpc) is 2.98. The van der Waals surface area contributed by atoms with Crippen molar-refractivity contribution in [2.75, 3.05) is 33.8 Å². The van der Waals surface area contributed by atoms with Gasteiger partial charge in [0.25, 0.3) is 0 Å². The second kappa shape index (κ2) is 7.39. The van der Waals surface area contributed by atoms with Gasteiger partial charge in [0, 0.05) is 31.4 Å². The molecule has 0 atom stereocenters. The molecular weight excluding hydrogens is 320 g/mol. The maximum absolute atomic E-state index is 13.1. The summed E-state index contributed by atoms with van der Waals surface area (Å²) in [4.78, 5) is 27.3. The third-order valence-electron chi connectivity index (χ3n) is 4.70. The Balaban J connectivity index is 2.06. The van der Waals surface area contributed by atoms with Crippen molar-refractivity contribution < 1.29 is 14.3 Å². The van der Waals surface area contributed by atoms with Crippen LogP contribution < -0.4 is 5.32 Å². The summed E-state index contributed by atoms with van der Waals surface area (Å²) < 4.78 is 6.96. The number of hydrogen-bond acceptors (Lipinski definition) is 6. The number of ether oxygens (including phenoxy) is 1. The van der Waals surface area contributed by atoms with Gasteiger partial charge in [-0.25, -0.2) is 4.79 Å². The second-order valence-electron chi connectivity index (χ2n) is 6.77. The highest BCUT2D eigenvalue weighted by atomic mass is 16.5. The summed E-state index contributed by atoms with van der Waals surface area (Å²) in [5, 5.41) is 7.88. The zero-order valence-corrected chi connectivity index (χ0v) is 15.2. The van der Waals surface area contributed by atoms with Crippen LogP contribution in [-0.4, -0.2) is 60.2 Å². The van der Waals surface area contributed by atoms with Crippen molar-refractivity contribution >= 4 is 11.8 Å². The van der Waals surface area contributed by atoms with Gasteiger partial charge in [0.05, 0.1) is 12.6 Å². The third kappa shape index (κ3) is 3.46. The Labute approximate surface area is 148 Å². The van der Waals surface area contributed by atoms with Crippen LogP contribution in [0.4, 0.5) is 0 Å². The minimum Gasteiger partial charge on any atom is -0.461 e. The molecule has 1 aromatic heterocycles. The lowest BCUT2D eigenvalue weighted by Crippen LogP contribution is -2.32. The minimum atomic E-state index is -0.431. The molecule has 0 spiro atoms. The quantitative estimate of drug-likeness (QED) is 0.659. The van der Waals surface area contributed by atoms with Crippen LogP contribution in [0.2, 0.25) is 0 Å². The van der Waals surface area contributed by atoms with Crippen LogP contribution in [0.1, 0.15) is 58.8 Å². The molecule has 2 heterocycles. The molecule has 1 aromatic rings. The summed E-state index contributed by atoms with van der Waals surface area (Å²) in [6, 6.07) is 0.140. The molecule has 0 amide bonds. The van der Waals surface area contributed by atoms with Gasteiger partial charge in [-0.15, -0.1) is 0 Å². The van der Waals surface area contributed by atoms with Crippen LogP contribution in [0.15, 0.2) is 11.8 Å². The number of rotatable bonds is 4. The van der Waals surface area contributed by atoms with E-state index >= 15 is 0 Å². The number of Topliss-reactive ketones (excluding diaryl/α,β-unsaturated/α-hetero) is 1. The number of fused-ring (bicyclic) bond motifs is 1. The normalized spacial score (nSPS) is 19.8. The number of hydrogen-bond donors (Lipinski definition) is 1. The summed E-state index contributed by atoms with van der Waals surface area (Å²) >= 11 is 0. The number of allylic oxidation sites excluding steroid dienone is 1. The summed E-state index contributed by atoms with van der Waals surface area (Å²) in [6.07, 6.45) is 4.93. The smallest absolute Gasteiger partial charge is 0.359 e. The Morgan fingerprint density at radius 3 is 2.72 bits per heavy atom. The molecule has 1 aliphatic heterocycles. The van der Waals surface area contributed by atoms with E-state index in [4.69, 9.17) is 4.74 Å². The highest BCUT2D eigenvalue weighted by molar-refractivity contribution is 6.11. The number of aromatic nitrogens is 2. The van der Waals surface area contributed by atoms with E-state index in [1.54, 1.807) is 11.6 Å². The van der Waals surface area contributed by atoms with Crippen LogP contribution in [0.3, 0.4) is 0 Å². The molecule has 7 nitrogen and oxygen atoms in total. The van der Waals surface area contributed by atoms with Gasteiger partial charge < -0.3 is 15.0 Å². The summed E-state index contributed by atoms with van der Waals surface area (Å²) in [6.45, 7) is 3.86. The Morgan fingerprint density at radius 2 is 2.08 bits per heavy atom. The fourth-order valence-electron chi connectivity index (χ4n) is 3.59. The Hall–Kier alpha value is -2.15. The van der Waals surface area contributed by atoms with Crippen LogP contribution in [0.25, 0.3) is 0 Å². The van der Waals surface area contributed by atoms with Crippen molar-refractivity contribution in [3.05, 3.63) is 28.7 Å². The van der Waals surface area contributed by atoms with Crippen molar-refractivity contribution in [2.45, 2.75) is 38.6 Å². The average molecular weight is 346 g/mol. The monoisotopic (exact) mass is 346 g/mol. The molecule has 0 saturated carbocycles. The molecule has 1 fully saturated rings. The number of ketones is 1. The Morgan fingerprint density at radius 1 is 1.36 bits per heavy atom. The first-order valence-electron chi connectivity index (χ1n) is 8.94. The minimum absolute atomic E-state index is 0.0171. The number of nitrogens with zero attached hydrogens (tertiary/aromatic N) is 3. The van der Waals surface area contributed by atoms with E-state index < -0.39 is 5.97 Å². The van der Waals surface area contributed by atoms with E-state index in [-0.39, 0.29) is 11.8 Å². The third-order valence-corrected chi connectivity index (χ3v) is 4.70. The van der Waals surface area contributed by atoms with Crippen LogP contribution in [0, 0.1) is 0 Å². The van der Waals surface area contributed by atoms with Gasteiger partial charge in [-0.05, 0) is 45.7 Å². The van der Waals surface area contributed by atoms with Crippen molar-refractivity contribution in [1.82, 2.24) is 20.0 Å². The first-order chi connectivity index (χ1) is 12.0. The molecule has 0 bridgehead atoms. The highest BCUT2D eigenvalue weighted by Gasteiger charge is 2.35. The van der Waals surface area contributed by atoms with Crippen molar-refractivity contribution in [1.29, 1.82) is 0 Å². The molecule has 3 rings (SSSR count). The second-order valence-corrected chi connectivity index (χ2v) is 6.77. The van der Waals surface area contributed by atoms with Crippen molar-refractivity contribution in [3.63, 3.8) is 0 Å². The molecule has 1 saturated heterocycles. The lowest BCUT2D eigenvalue weighted by atomic mass is 9.90. The van der Waals surface area contributed by atoms with E-state index in [9.17, 15) is 9.59 Å². The summed E-state index contributed by atoms with van der Waals surface area (Å²) in [7, 11) is 3.81. The number of esters is 1. The van der Waals surface area contributed by atoms with Gasteiger partial charge in [-0.2, -0.15) is 5.10 Å². The molecule has 0 radical (unpaired) electrons. The first kappa shape index (κ1) is 17.7. The van der Waals surface area contributed by atoms with Crippen LogP contribution >= 0.6 is 0 Å². The Bertz CT molecular complexity index is 699. The van der Waals surface area contributed by atoms with Gasteiger partial charge >= 0.3 is 5.97 Å². The predicted molar refractivity (Wildman–Crippen MR) is 93.7 cm³/mol. The molecule has 0 aromatic carbocycles. The van der Waals surface area contributed by atoms with E-state index in [2.05, 4.69) is 10.4 Å². The molecule has 2 aliphatic rings. The van der Waals surface area contributed by atoms with Gasteiger partial charge in [-0.1, -0.05) is 0 Å². The standard InChI is InChI=1S/C18H26N4O3/c1-4-25-18(24)15-14-6-5-12(11-21(2)3)17(23)16(14)22(20-15)13-7-9-19-10-8-13/h11,13,19H,4-10H2,1-3H3/b12-11-. The van der Waals surface area contributed by atoms with Gasteiger partial charge in [0.1, 0.15) is 5.69 Å². The topological polar surface area (TPSA) is 76.5 Å². The maximum Gasteiger partial charge on any atom is 0.359 e. The number of nitrogens with one attached hydrogen (secondary N) is 1. The van der Waals surface area contributed by atoms with E-state index in [1.165, 1.54) is 0 Å². The maximum atomic E-state index is 13.1. The first-order valence-corrected chi connectivity index (χ1v) is 8.94. The zero-order chi connectivity index (χ0) is 18.0. The van der Waals surface area contributed by atoms with Crippen LogP contribution in [0.5, 0.6) is 0 Å². The summed E-state index contributed by atoms with van der Waals surface area (Å²) in [5.41, 5.74) is 2.41. The van der Waals surface area contributed by atoms with Gasteiger partial charge in [-0.3, -0.25) is 9.48 Å². The van der Waals surface area contributed by atoms with E-state index in [0.29, 0.717) is 30.8 Å². The zero-order valence-electron chi connectivity index (χ0n) is 15.2. The SMILES string of the molecule is CCOC(=O)c1nn(C2CCNCC2)c2c1CC/C(=C/N(C)C)C2=O. The van der Waals surface area contributed by atoms with Gasteiger partial charge in [0.2, 0.25) is 5.78 Å². The van der Waals surface area contributed by atoms with E-state index in [0.717, 1.165) is 37.1 Å². The molecule has 136 valence electrons. The van der Waals surface area contributed by atoms with Crippen LogP contribution in [-0.2, 0) is 11.2 Å². The van der Waals surface area contributed by atoms with Crippen molar-refractivity contribution in [3.8, 4) is 0 Å². The molecule has 1 aliphatic carbocycles. The molecule has 7 heteroatoms.